The van der Waals surface area contributed by atoms with Gasteiger partial charge in [0.25, 0.3) is 0 Å². The van der Waals surface area contributed by atoms with E-state index in [0.717, 1.165) is 0 Å². The molecule has 0 aliphatic carbocycles. The molecule has 1 unspecified atom stereocenters. The summed E-state index contributed by atoms with van der Waals surface area (Å²) in [7, 11) is 0. The summed E-state index contributed by atoms with van der Waals surface area (Å²) < 4.78 is 12.8. The third-order valence-corrected chi connectivity index (χ3v) is 0.900. The van der Waals surface area contributed by atoms with Crippen molar-refractivity contribution in [2.45, 2.75) is 13.0 Å². The molecular weight excluding hydrogens is 140 g/mol. The molecule has 0 bridgehead atoms. The van der Waals surface area contributed by atoms with E-state index >= 15 is 0 Å². The monoisotopic (exact) mass is 146 g/mol. The van der Waals surface area contributed by atoms with Crippen LogP contribution in [0.4, 0.5) is 9.59 Å². The molecule has 5 heteroatoms. The van der Waals surface area contributed by atoms with Crippen LogP contribution in [-0.2, 0) is 14.2 Å². The van der Waals surface area contributed by atoms with Gasteiger partial charge in [0.2, 0.25) is 0 Å². The molecule has 0 N–H and O–H groups in total. The van der Waals surface area contributed by atoms with E-state index in [2.05, 4.69) is 14.2 Å². The van der Waals surface area contributed by atoms with Gasteiger partial charge < -0.3 is 14.2 Å². The van der Waals surface area contributed by atoms with Crippen LogP contribution in [0.15, 0.2) is 0 Å². The molecule has 0 amide bonds. The third kappa shape index (κ3) is 1.61. The quantitative estimate of drug-likeness (QED) is 0.371. The third-order valence-electron chi connectivity index (χ3n) is 0.900. The van der Waals surface area contributed by atoms with Crippen LogP contribution in [0.5, 0.6) is 0 Å². The fraction of sp³-hybridized carbons (Fsp3) is 0.600. The minimum Gasteiger partial charge on any atom is -0.430 e. The van der Waals surface area contributed by atoms with Gasteiger partial charge in [0.15, 0.2) is 0 Å². The Morgan fingerprint density at radius 3 is 2.80 bits per heavy atom. The predicted octanol–water partition coefficient (Wildman–Crippen LogP) is 0.678. The Morgan fingerprint density at radius 1 is 1.40 bits per heavy atom. The van der Waals surface area contributed by atoms with E-state index in [9.17, 15) is 9.59 Å². The Morgan fingerprint density at radius 2 is 2.10 bits per heavy atom. The summed E-state index contributed by atoms with van der Waals surface area (Å²) >= 11 is 0. The van der Waals surface area contributed by atoms with Crippen molar-refractivity contribution in [2.24, 2.45) is 0 Å². The first-order chi connectivity index (χ1) is 4.68. The molecule has 1 aliphatic rings. The van der Waals surface area contributed by atoms with Crippen molar-refractivity contribution in [3.8, 4) is 0 Å². The summed E-state index contributed by atoms with van der Waals surface area (Å²) in [5.41, 5.74) is 0. The largest absolute Gasteiger partial charge is 0.518 e. The zero-order valence-corrected chi connectivity index (χ0v) is 5.33. The average molecular weight is 146 g/mol. The molecule has 1 fully saturated rings. The number of rotatable bonds is 0. The number of hydrogen-bond acceptors (Lipinski definition) is 5. The van der Waals surface area contributed by atoms with Crippen molar-refractivity contribution in [2.75, 3.05) is 6.61 Å². The molecule has 56 valence electrons. The van der Waals surface area contributed by atoms with E-state index in [0.29, 0.717) is 0 Å². The lowest BCUT2D eigenvalue weighted by Crippen LogP contribution is -2.14. The molecule has 0 radical (unpaired) electrons. The molecule has 1 aliphatic heterocycles. The van der Waals surface area contributed by atoms with Crippen LogP contribution >= 0.6 is 0 Å². The van der Waals surface area contributed by atoms with Crippen molar-refractivity contribution < 1.29 is 23.8 Å². The summed E-state index contributed by atoms with van der Waals surface area (Å²) in [5, 5.41) is 0. The molecule has 1 rings (SSSR count). The van der Waals surface area contributed by atoms with E-state index in [1.54, 1.807) is 6.92 Å². The minimum absolute atomic E-state index is 0.0462. The SMILES string of the molecule is CC1COC(=O)OC(=O)O1. The topological polar surface area (TPSA) is 61.8 Å². The van der Waals surface area contributed by atoms with Crippen molar-refractivity contribution >= 4 is 12.3 Å². The highest BCUT2D eigenvalue weighted by molar-refractivity contribution is 5.77. The van der Waals surface area contributed by atoms with Crippen LogP contribution in [-0.4, -0.2) is 25.0 Å². The van der Waals surface area contributed by atoms with Crippen molar-refractivity contribution in [1.29, 1.82) is 0 Å². The van der Waals surface area contributed by atoms with E-state index in [-0.39, 0.29) is 6.61 Å². The first-order valence-electron chi connectivity index (χ1n) is 2.73. The molecule has 0 aromatic carbocycles. The number of carbonyl (C=O) groups excluding carboxylic acids is 2. The van der Waals surface area contributed by atoms with Gasteiger partial charge in [-0.15, -0.1) is 0 Å². The molecule has 5 nitrogen and oxygen atoms in total. The minimum atomic E-state index is -1.01. The Balaban J connectivity index is 2.54. The van der Waals surface area contributed by atoms with Gasteiger partial charge in [0.05, 0.1) is 0 Å². The van der Waals surface area contributed by atoms with Crippen LogP contribution in [0.1, 0.15) is 6.92 Å². The summed E-state index contributed by atoms with van der Waals surface area (Å²) in [6, 6.07) is 0. The van der Waals surface area contributed by atoms with E-state index < -0.39 is 18.4 Å². The fourth-order valence-corrected chi connectivity index (χ4v) is 0.505. The summed E-state index contributed by atoms with van der Waals surface area (Å²) in [4.78, 5) is 20.7. The number of ether oxygens (including phenoxy) is 3. The summed E-state index contributed by atoms with van der Waals surface area (Å²) in [6.45, 7) is 1.64. The maximum Gasteiger partial charge on any atom is 0.518 e. The van der Waals surface area contributed by atoms with Gasteiger partial charge in [-0.25, -0.2) is 9.59 Å². The summed E-state index contributed by atoms with van der Waals surface area (Å²) in [6.07, 6.45) is -2.44. The maximum atomic E-state index is 10.4. The molecule has 1 heterocycles. The molecule has 0 aromatic rings. The van der Waals surface area contributed by atoms with Gasteiger partial charge in [0, 0.05) is 0 Å². The fourth-order valence-electron chi connectivity index (χ4n) is 0.505. The van der Waals surface area contributed by atoms with Crippen molar-refractivity contribution in [3.05, 3.63) is 0 Å². The van der Waals surface area contributed by atoms with Gasteiger partial charge >= 0.3 is 12.3 Å². The predicted molar refractivity (Wildman–Crippen MR) is 28.4 cm³/mol. The molecule has 0 aromatic heterocycles. The van der Waals surface area contributed by atoms with Gasteiger partial charge in [0.1, 0.15) is 12.7 Å². The first-order valence-corrected chi connectivity index (χ1v) is 2.73. The van der Waals surface area contributed by atoms with Crippen LogP contribution in [0.2, 0.25) is 0 Å². The maximum absolute atomic E-state index is 10.4. The standard InChI is InChI=1S/C5H6O5/c1-3-2-8-4(6)10-5(7)9-3/h3H,2H2,1H3. The average Bonchev–Trinajstić information content (AvgIpc) is 1.93. The molecule has 10 heavy (non-hydrogen) atoms. The second-order valence-electron chi connectivity index (χ2n) is 1.84. The second-order valence-corrected chi connectivity index (χ2v) is 1.84. The zero-order valence-electron chi connectivity index (χ0n) is 5.33. The number of hydrogen-bond donors (Lipinski definition) is 0. The van der Waals surface area contributed by atoms with Crippen molar-refractivity contribution in [1.82, 2.24) is 0 Å². The van der Waals surface area contributed by atoms with Crippen molar-refractivity contribution in [3.63, 3.8) is 0 Å². The molecule has 0 saturated carbocycles. The second kappa shape index (κ2) is 2.55. The van der Waals surface area contributed by atoms with Crippen LogP contribution < -0.4 is 0 Å². The Labute approximate surface area is 56.9 Å². The van der Waals surface area contributed by atoms with Gasteiger partial charge in [-0.3, -0.25) is 0 Å². The lowest BCUT2D eigenvalue weighted by molar-refractivity contribution is 0.0653. The number of cyclic esters (lactones) is 4. The van der Waals surface area contributed by atoms with E-state index in [4.69, 9.17) is 0 Å². The molecule has 0 spiro atoms. The van der Waals surface area contributed by atoms with E-state index in [1.807, 2.05) is 0 Å². The van der Waals surface area contributed by atoms with E-state index in [1.165, 1.54) is 0 Å². The smallest absolute Gasteiger partial charge is 0.430 e. The normalized spacial score (nSPS) is 25.9. The van der Waals surface area contributed by atoms with Crippen LogP contribution in [0.3, 0.4) is 0 Å². The number of carbonyl (C=O) groups is 2. The van der Waals surface area contributed by atoms with Crippen LogP contribution in [0.25, 0.3) is 0 Å². The zero-order chi connectivity index (χ0) is 7.56. The highest BCUT2D eigenvalue weighted by Crippen LogP contribution is 2.02. The van der Waals surface area contributed by atoms with Gasteiger partial charge in [-0.1, -0.05) is 0 Å². The Kier molecular flexibility index (Phi) is 1.75. The van der Waals surface area contributed by atoms with Crippen LogP contribution in [0, 0.1) is 0 Å². The molecule has 1 atom stereocenters. The highest BCUT2D eigenvalue weighted by atomic mass is 16.8. The first kappa shape index (κ1) is 6.85. The highest BCUT2D eigenvalue weighted by Gasteiger charge is 2.22. The molecular formula is C5H6O5. The Bertz CT molecular complexity index is 163. The van der Waals surface area contributed by atoms with Gasteiger partial charge in [-0.2, -0.15) is 0 Å². The summed E-state index contributed by atoms with van der Waals surface area (Å²) in [5.74, 6) is 0. The molecule has 1 saturated heterocycles. The lowest BCUT2D eigenvalue weighted by Gasteiger charge is -2.02. The Hall–Kier alpha value is -1.26. The van der Waals surface area contributed by atoms with Gasteiger partial charge in [-0.05, 0) is 6.92 Å². The lowest BCUT2D eigenvalue weighted by atomic mass is 10.4.